The molecule has 1 saturated heterocycles. The van der Waals surface area contributed by atoms with Gasteiger partial charge in [0.05, 0.1) is 10.9 Å². The third-order valence-electron chi connectivity index (χ3n) is 3.91. The van der Waals surface area contributed by atoms with E-state index < -0.39 is 11.7 Å². The summed E-state index contributed by atoms with van der Waals surface area (Å²) < 4.78 is 19.2. The van der Waals surface area contributed by atoms with Gasteiger partial charge in [-0.05, 0) is 67.2 Å². The first-order valence-corrected chi connectivity index (χ1v) is 9.14. The van der Waals surface area contributed by atoms with Crippen LogP contribution in [0.5, 0.6) is 0 Å². The molecule has 1 fully saturated rings. The highest BCUT2D eigenvalue weighted by atomic mass is 79.9. The second-order valence-electron chi connectivity index (χ2n) is 7.23. The van der Waals surface area contributed by atoms with Crippen LogP contribution in [-0.2, 0) is 16.0 Å². The summed E-state index contributed by atoms with van der Waals surface area (Å²) >= 11 is 3.10. The lowest BCUT2D eigenvalue weighted by Gasteiger charge is -2.33. The van der Waals surface area contributed by atoms with Crippen LogP contribution in [0.2, 0.25) is 0 Å². The SMILES string of the molecule is CC(C)(C)OC(=O)NC1CCN(C(=O)Cc2ccc(Br)c(F)c2)CC1. The highest BCUT2D eigenvalue weighted by Gasteiger charge is 2.25. The van der Waals surface area contributed by atoms with Gasteiger partial charge in [-0.1, -0.05) is 6.07 Å². The number of piperidine rings is 1. The molecule has 0 unspecified atom stereocenters. The third-order valence-corrected chi connectivity index (χ3v) is 4.55. The highest BCUT2D eigenvalue weighted by molar-refractivity contribution is 9.10. The summed E-state index contributed by atoms with van der Waals surface area (Å²) in [6.07, 6.45) is 1.11. The number of likely N-dealkylation sites (tertiary alicyclic amines) is 1. The number of amides is 2. The molecule has 1 heterocycles. The third kappa shape index (κ3) is 6.30. The lowest BCUT2D eigenvalue weighted by molar-refractivity contribution is -0.131. The molecule has 0 aromatic heterocycles. The first-order chi connectivity index (χ1) is 11.6. The Hall–Kier alpha value is -1.63. The number of hydrogen-bond donors (Lipinski definition) is 1. The molecule has 7 heteroatoms. The standard InChI is InChI=1S/C18H24BrFN2O3/c1-18(2,3)25-17(24)21-13-6-8-22(9-7-13)16(23)11-12-4-5-14(19)15(20)10-12/h4-5,10,13H,6-9,11H2,1-3H3,(H,21,24). The predicted octanol–water partition coefficient (Wildman–Crippen LogP) is 3.65. The minimum Gasteiger partial charge on any atom is -0.444 e. The van der Waals surface area contributed by atoms with E-state index in [1.54, 1.807) is 17.0 Å². The highest BCUT2D eigenvalue weighted by Crippen LogP contribution is 2.18. The quantitative estimate of drug-likeness (QED) is 0.820. The summed E-state index contributed by atoms with van der Waals surface area (Å²) in [7, 11) is 0. The van der Waals surface area contributed by atoms with Gasteiger partial charge in [-0.3, -0.25) is 4.79 Å². The fraction of sp³-hybridized carbons (Fsp3) is 0.556. The topological polar surface area (TPSA) is 58.6 Å². The number of alkyl carbamates (subject to hydrolysis) is 1. The minimum absolute atomic E-state index is 0.00373. The molecule has 0 aliphatic carbocycles. The maximum absolute atomic E-state index is 13.5. The number of ether oxygens (including phenoxy) is 1. The average Bonchev–Trinajstić information content (AvgIpc) is 2.49. The van der Waals surface area contributed by atoms with E-state index in [0.717, 1.165) is 0 Å². The second kappa shape index (κ2) is 8.17. The van der Waals surface area contributed by atoms with Crippen molar-refractivity contribution < 1.29 is 18.7 Å². The molecule has 0 atom stereocenters. The van der Waals surface area contributed by atoms with E-state index in [1.807, 2.05) is 20.8 Å². The molecule has 1 aliphatic rings. The Morgan fingerprint density at radius 3 is 2.52 bits per heavy atom. The largest absolute Gasteiger partial charge is 0.444 e. The number of benzene rings is 1. The number of rotatable bonds is 3. The Balaban J connectivity index is 1.80. The van der Waals surface area contributed by atoms with Gasteiger partial charge >= 0.3 is 6.09 Å². The van der Waals surface area contributed by atoms with Gasteiger partial charge in [-0.15, -0.1) is 0 Å². The van der Waals surface area contributed by atoms with Crippen LogP contribution in [0.4, 0.5) is 9.18 Å². The van der Waals surface area contributed by atoms with Gasteiger partial charge in [-0.2, -0.15) is 0 Å². The number of halogens is 2. The minimum atomic E-state index is -0.527. The van der Waals surface area contributed by atoms with Crippen molar-refractivity contribution in [2.75, 3.05) is 13.1 Å². The van der Waals surface area contributed by atoms with Crippen LogP contribution in [0.25, 0.3) is 0 Å². The van der Waals surface area contributed by atoms with E-state index in [9.17, 15) is 14.0 Å². The van der Waals surface area contributed by atoms with Gasteiger partial charge in [0.15, 0.2) is 0 Å². The van der Waals surface area contributed by atoms with Gasteiger partial charge in [0.2, 0.25) is 5.91 Å². The van der Waals surface area contributed by atoms with E-state index >= 15 is 0 Å². The number of nitrogens with one attached hydrogen (secondary N) is 1. The van der Waals surface area contributed by atoms with Gasteiger partial charge in [0.1, 0.15) is 11.4 Å². The first kappa shape index (κ1) is 19.7. The molecule has 1 aromatic carbocycles. The van der Waals surface area contributed by atoms with Crippen LogP contribution in [0, 0.1) is 5.82 Å². The zero-order chi connectivity index (χ0) is 18.6. The molecule has 138 valence electrons. The molecule has 0 bridgehead atoms. The normalized spacial score (nSPS) is 15.8. The molecule has 1 N–H and O–H groups in total. The zero-order valence-electron chi connectivity index (χ0n) is 14.8. The van der Waals surface area contributed by atoms with E-state index in [1.165, 1.54) is 6.07 Å². The molecule has 1 aromatic rings. The summed E-state index contributed by atoms with van der Waals surface area (Å²) in [6.45, 7) is 6.59. The van der Waals surface area contributed by atoms with E-state index in [-0.39, 0.29) is 24.2 Å². The van der Waals surface area contributed by atoms with Crippen LogP contribution in [0.15, 0.2) is 22.7 Å². The van der Waals surface area contributed by atoms with E-state index in [0.29, 0.717) is 36.0 Å². The number of carbonyl (C=O) groups is 2. The van der Waals surface area contributed by atoms with Gasteiger partial charge in [0, 0.05) is 19.1 Å². The Labute approximate surface area is 156 Å². The van der Waals surface area contributed by atoms with Crippen molar-refractivity contribution in [3.8, 4) is 0 Å². The Bertz CT molecular complexity index is 638. The van der Waals surface area contributed by atoms with Crippen molar-refractivity contribution in [1.29, 1.82) is 0 Å². The van der Waals surface area contributed by atoms with Gasteiger partial charge in [0.25, 0.3) is 0 Å². The summed E-state index contributed by atoms with van der Waals surface area (Å²) in [4.78, 5) is 25.9. The summed E-state index contributed by atoms with van der Waals surface area (Å²) in [6, 6.07) is 4.72. The number of nitrogens with zero attached hydrogens (tertiary/aromatic N) is 1. The molecule has 0 saturated carbocycles. The molecule has 0 spiro atoms. The molecule has 0 radical (unpaired) electrons. The Morgan fingerprint density at radius 2 is 1.96 bits per heavy atom. The van der Waals surface area contributed by atoms with E-state index in [4.69, 9.17) is 4.74 Å². The number of hydrogen-bond acceptors (Lipinski definition) is 3. The fourth-order valence-corrected chi connectivity index (χ4v) is 2.93. The molecule has 5 nitrogen and oxygen atoms in total. The lowest BCUT2D eigenvalue weighted by atomic mass is 10.0. The summed E-state index contributed by atoms with van der Waals surface area (Å²) in [5.74, 6) is -0.400. The smallest absolute Gasteiger partial charge is 0.407 e. The van der Waals surface area contributed by atoms with Crippen molar-refractivity contribution in [3.63, 3.8) is 0 Å². The number of carbonyl (C=O) groups excluding carboxylic acids is 2. The van der Waals surface area contributed by atoms with Crippen LogP contribution in [0.3, 0.4) is 0 Å². The second-order valence-corrected chi connectivity index (χ2v) is 8.08. The average molecular weight is 415 g/mol. The molecule has 2 amide bonds. The van der Waals surface area contributed by atoms with Crippen molar-refractivity contribution >= 4 is 27.9 Å². The first-order valence-electron chi connectivity index (χ1n) is 8.35. The molecule has 25 heavy (non-hydrogen) atoms. The Morgan fingerprint density at radius 1 is 1.32 bits per heavy atom. The van der Waals surface area contributed by atoms with Crippen molar-refractivity contribution in [1.82, 2.24) is 10.2 Å². The van der Waals surface area contributed by atoms with Crippen LogP contribution in [-0.4, -0.2) is 41.6 Å². The van der Waals surface area contributed by atoms with Crippen molar-refractivity contribution in [2.24, 2.45) is 0 Å². The zero-order valence-corrected chi connectivity index (χ0v) is 16.4. The van der Waals surface area contributed by atoms with Crippen LogP contribution in [0.1, 0.15) is 39.2 Å². The molecule has 1 aliphatic heterocycles. The van der Waals surface area contributed by atoms with Crippen LogP contribution < -0.4 is 5.32 Å². The fourth-order valence-electron chi connectivity index (χ4n) is 2.68. The summed E-state index contributed by atoms with van der Waals surface area (Å²) in [5, 5.41) is 2.84. The van der Waals surface area contributed by atoms with Crippen LogP contribution >= 0.6 is 15.9 Å². The van der Waals surface area contributed by atoms with Crippen molar-refractivity contribution in [3.05, 3.63) is 34.1 Å². The molecule has 2 rings (SSSR count). The molecular weight excluding hydrogens is 391 g/mol. The van der Waals surface area contributed by atoms with Gasteiger partial charge < -0.3 is 15.0 Å². The maximum atomic E-state index is 13.5. The van der Waals surface area contributed by atoms with Crippen molar-refractivity contribution in [2.45, 2.75) is 51.7 Å². The van der Waals surface area contributed by atoms with E-state index in [2.05, 4.69) is 21.2 Å². The monoisotopic (exact) mass is 414 g/mol. The van der Waals surface area contributed by atoms with Gasteiger partial charge in [-0.25, -0.2) is 9.18 Å². The predicted molar refractivity (Wildman–Crippen MR) is 96.8 cm³/mol. The molecular formula is C18H24BrFN2O3. The maximum Gasteiger partial charge on any atom is 0.407 e. The Kier molecular flexibility index (Phi) is 6.43. The lowest BCUT2D eigenvalue weighted by Crippen LogP contribution is -2.48. The summed E-state index contributed by atoms with van der Waals surface area (Å²) in [5.41, 5.74) is 0.125.